The average molecular weight is 337 g/mol. The van der Waals surface area contributed by atoms with Crippen LogP contribution in [0.25, 0.3) is 0 Å². The lowest BCUT2D eigenvalue weighted by Crippen LogP contribution is -2.27. The SMILES string of the molecule is CS(=O)(=O)Nc1ccc(OCC2CCC(F)(F)CC2)c(F)c1. The van der Waals surface area contributed by atoms with Crippen molar-refractivity contribution in [1.82, 2.24) is 0 Å². The molecule has 0 atom stereocenters. The number of rotatable bonds is 5. The maximum Gasteiger partial charge on any atom is 0.248 e. The first-order chi connectivity index (χ1) is 10.1. The summed E-state index contributed by atoms with van der Waals surface area (Å²) in [6.07, 6.45) is 1.33. The average Bonchev–Trinajstić information content (AvgIpc) is 2.37. The predicted octanol–water partition coefficient (Wildman–Crippen LogP) is 3.40. The van der Waals surface area contributed by atoms with Crippen LogP contribution in [0.1, 0.15) is 25.7 Å². The second kappa shape index (κ2) is 6.36. The third kappa shape index (κ3) is 5.08. The van der Waals surface area contributed by atoms with Crippen LogP contribution < -0.4 is 9.46 Å². The standard InChI is InChI=1S/C14H18F3NO3S/c1-22(19,20)18-11-2-3-13(12(15)8-11)21-9-10-4-6-14(16,17)7-5-10/h2-3,8,10,18H,4-7,9H2,1H3. The highest BCUT2D eigenvalue weighted by Crippen LogP contribution is 2.36. The molecule has 0 aromatic heterocycles. The number of nitrogens with one attached hydrogen (secondary N) is 1. The molecule has 8 heteroatoms. The number of sulfonamides is 1. The lowest BCUT2D eigenvalue weighted by atomic mass is 9.87. The Hall–Kier alpha value is -1.44. The topological polar surface area (TPSA) is 55.4 Å². The monoisotopic (exact) mass is 337 g/mol. The summed E-state index contributed by atoms with van der Waals surface area (Å²) in [4.78, 5) is 0. The van der Waals surface area contributed by atoms with Crippen molar-refractivity contribution in [3.63, 3.8) is 0 Å². The summed E-state index contributed by atoms with van der Waals surface area (Å²) in [7, 11) is -3.48. The van der Waals surface area contributed by atoms with Gasteiger partial charge < -0.3 is 4.74 Å². The Morgan fingerprint density at radius 2 is 1.95 bits per heavy atom. The maximum atomic E-state index is 13.8. The van der Waals surface area contributed by atoms with E-state index in [2.05, 4.69) is 4.72 Å². The highest BCUT2D eigenvalue weighted by atomic mass is 32.2. The molecule has 0 spiro atoms. The summed E-state index contributed by atoms with van der Waals surface area (Å²) in [5.41, 5.74) is 0.102. The van der Waals surface area contributed by atoms with Gasteiger partial charge in [0.1, 0.15) is 0 Å². The molecule has 124 valence electrons. The molecule has 0 unspecified atom stereocenters. The van der Waals surface area contributed by atoms with Crippen molar-refractivity contribution in [3.8, 4) is 5.75 Å². The minimum absolute atomic E-state index is 0.0172. The molecule has 1 aliphatic rings. The molecule has 1 aromatic carbocycles. The Morgan fingerprint density at radius 1 is 1.32 bits per heavy atom. The van der Waals surface area contributed by atoms with Crippen molar-refractivity contribution in [1.29, 1.82) is 0 Å². The highest BCUT2D eigenvalue weighted by molar-refractivity contribution is 7.92. The van der Waals surface area contributed by atoms with Gasteiger partial charge >= 0.3 is 0 Å². The van der Waals surface area contributed by atoms with Crippen LogP contribution in [-0.4, -0.2) is 27.2 Å². The molecule has 22 heavy (non-hydrogen) atoms. The fourth-order valence-corrected chi connectivity index (χ4v) is 2.92. The van der Waals surface area contributed by atoms with Crippen LogP contribution in [0.5, 0.6) is 5.75 Å². The zero-order valence-electron chi connectivity index (χ0n) is 12.1. The number of benzene rings is 1. The number of anilines is 1. The second-order valence-electron chi connectivity index (χ2n) is 5.63. The Kier molecular flexibility index (Phi) is 4.89. The predicted molar refractivity (Wildman–Crippen MR) is 77.3 cm³/mol. The zero-order valence-corrected chi connectivity index (χ0v) is 12.9. The molecule has 1 fully saturated rings. The molecule has 0 aliphatic heterocycles. The van der Waals surface area contributed by atoms with Crippen LogP contribution in [0.15, 0.2) is 18.2 Å². The number of hydrogen-bond acceptors (Lipinski definition) is 3. The van der Waals surface area contributed by atoms with Gasteiger partial charge in [-0.05, 0) is 30.9 Å². The fourth-order valence-electron chi connectivity index (χ4n) is 2.37. The molecule has 4 nitrogen and oxygen atoms in total. The molecule has 1 aromatic rings. The van der Waals surface area contributed by atoms with Crippen LogP contribution >= 0.6 is 0 Å². The van der Waals surface area contributed by atoms with E-state index in [-0.39, 0.29) is 36.8 Å². The molecule has 0 bridgehead atoms. The van der Waals surface area contributed by atoms with Crippen LogP contribution in [0, 0.1) is 11.7 Å². The lowest BCUT2D eigenvalue weighted by molar-refractivity contribution is -0.0499. The number of ether oxygens (including phenoxy) is 1. The van der Waals surface area contributed by atoms with Gasteiger partial charge in [0.25, 0.3) is 0 Å². The number of halogens is 3. The molecule has 0 saturated heterocycles. The summed E-state index contributed by atoms with van der Waals surface area (Å²) in [6.45, 7) is 0.172. The Bertz CT molecular complexity index is 624. The van der Waals surface area contributed by atoms with Gasteiger partial charge in [-0.2, -0.15) is 0 Å². The number of alkyl halides is 2. The Balaban J connectivity index is 1.91. The first kappa shape index (κ1) is 16.9. The van der Waals surface area contributed by atoms with Gasteiger partial charge in [-0.25, -0.2) is 21.6 Å². The van der Waals surface area contributed by atoms with E-state index in [0.717, 1.165) is 12.3 Å². The van der Waals surface area contributed by atoms with E-state index in [1.165, 1.54) is 12.1 Å². The Morgan fingerprint density at radius 3 is 2.50 bits per heavy atom. The van der Waals surface area contributed by atoms with Crippen LogP contribution in [0.2, 0.25) is 0 Å². The van der Waals surface area contributed by atoms with Gasteiger partial charge in [-0.1, -0.05) is 0 Å². The van der Waals surface area contributed by atoms with Crippen LogP contribution in [0.3, 0.4) is 0 Å². The Labute approximate surface area is 127 Å². The smallest absolute Gasteiger partial charge is 0.248 e. The first-order valence-corrected chi connectivity index (χ1v) is 8.82. The van der Waals surface area contributed by atoms with Crippen molar-refractivity contribution in [2.24, 2.45) is 5.92 Å². The van der Waals surface area contributed by atoms with Crippen molar-refractivity contribution < 1.29 is 26.3 Å². The second-order valence-corrected chi connectivity index (χ2v) is 7.38. The van der Waals surface area contributed by atoms with Gasteiger partial charge in [-0.3, -0.25) is 4.72 Å². The summed E-state index contributed by atoms with van der Waals surface area (Å²) in [5.74, 6) is -3.33. The first-order valence-electron chi connectivity index (χ1n) is 6.93. The van der Waals surface area contributed by atoms with Crippen LogP contribution in [-0.2, 0) is 10.0 Å². The normalized spacial score (nSPS) is 18.9. The van der Waals surface area contributed by atoms with Gasteiger partial charge in [0.2, 0.25) is 15.9 Å². The minimum atomic E-state index is -3.48. The van der Waals surface area contributed by atoms with E-state index in [4.69, 9.17) is 4.74 Å². The van der Waals surface area contributed by atoms with E-state index in [1.54, 1.807) is 0 Å². The zero-order chi connectivity index (χ0) is 16.4. The third-order valence-corrected chi connectivity index (χ3v) is 4.15. The molecule has 1 N–H and O–H groups in total. The third-order valence-electron chi connectivity index (χ3n) is 3.55. The molecule has 0 heterocycles. The van der Waals surface area contributed by atoms with Crippen molar-refractivity contribution in [3.05, 3.63) is 24.0 Å². The van der Waals surface area contributed by atoms with Gasteiger partial charge in [0.15, 0.2) is 11.6 Å². The van der Waals surface area contributed by atoms with Gasteiger partial charge in [0.05, 0.1) is 18.6 Å². The van der Waals surface area contributed by atoms with Gasteiger partial charge in [-0.15, -0.1) is 0 Å². The highest BCUT2D eigenvalue weighted by Gasteiger charge is 2.35. The number of hydrogen-bond donors (Lipinski definition) is 1. The lowest BCUT2D eigenvalue weighted by Gasteiger charge is -2.28. The van der Waals surface area contributed by atoms with Crippen molar-refractivity contribution in [2.45, 2.75) is 31.6 Å². The molecule has 2 rings (SSSR count). The summed E-state index contributed by atoms with van der Waals surface area (Å²) >= 11 is 0. The van der Waals surface area contributed by atoms with Crippen molar-refractivity contribution in [2.75, 3.05) is 17.6 Å². The summed E-state index contributed by atoms with van der Waals surface area (Å²) in [6, 6.07) is 3.72. The molecular weight excluding hydrogens is 319 g/mol. The van der Waals surface area contributed by atoms with Gasteiger partial charge in [0, 0.05) is 18.9 Å². The fraction of sp³-hybridized carbons (Fsp3) is 0.571. The molecule has 0 radical (unpaired) electrons. The largest absolute Gasteiger partial charge is 0.490 e. The summed E-state index contributed by atoms with van der Waals surface area (Å²) < 4.78 is 69.5. The quantitative estimate of drug-likeness (QED) is 0.896. The van der Waals surface area contributed by atoms with E-state index >= 15 is 0 Å². The van der Waals surface area contributed by atoms with E-state index in [9.17, 15) is 21.6 Å². The minimum Gasteiger partial charge on any atom is -0.490 e. The van der Waals surface area contributed by atoms with E-state index in [0.29, 0.717) is 12.8 Å². The summed E-state index contributed by atoms with van der Waals surface area (Å²) in [5, 5.41) is 0. The molecule has 1 aliphatic carbocycles. The molecule has 1 saturated carbocycles. The van der Waals surface area contributed by atoms with E-state index in [1.807, 2.05) is 0 Å². The molecule has 0 amide bonds. The maximum absolute atomic E-state index is 13.8. The van der Waals surface area contributed by atoms with E-state index < -0.39 is 21.8 Å². The van der Waals surface area contributed by atoms with Crippen molar-refractivity contribution >= 4 is 15.7 Å². The van der Waals surface area contributed by atoms with Crippen LogP contribution in [0.4, 0.5) is 18.9 Å². The molecular formula is C14H18F3NO3S.